The molecule has 3 heteroatoms. The van der Waals surface area contributed by atoms with Crippen molar-refractivity contribution in [1.29, 1.82) is 0 Å². The van der Waals surface area contributed by atoms with Crippen LogP contribution in [0.1, 0.15) is 29.7 Å². The molecule has 0 spiro atoms. The van der Waals surface area contributed by atoms with Crippen LogP contribution in [0.3, 0.4) is 0 Å². The van der Waals surface area contributed by atoms with E-state index in [2.05, 4.69) is 17.2 Å². The van der Waals surface area contributed by atoms with Crippen molar-refractivity contribution in [2.24, 2.45) is 0 Å². The summed E-state index contributed by atoms with van der Waals surface area (Å²) in [6.07, 6.45) is 3.62. The second-order valence-electron chi connectivity index (χ2n) is 4.52. The molecular weight excluding hydrogens is 224 g/mol. The second kappa shape index (κ2) is 5.65. The Morgan fingerprint density at radius 1 is 1.33 bits per heavy atom. The zero-order valence-electron chi connectivity index (χ0n) is 10.7. The van der Waals surface area contributed by atoms with Crippen LogP contribution in [0.2, 0.25) is 0 Å². The number of aromatic nitrogens is 1. The Morgan fingerprint density at radius 3 is 2.89 bits per heavy atom. The summed E-state index contributed by atoms with van der Waals surface area (Å²) in [5.41, 5.74) is 3.22. The van der Waals surface area contributed by atoms with Crippen LogP contribution in [0.25, 0.3) is 0 Å². The molecule has 0 saturated carbocycles. The number of pyridine rings is 1. The topological polar surface area (TPSA) is 45.1 Å². The van der Waals surface area contributed by atoms with Gasteiger partial charge in [0, 0.05) is 30.5 Å². The van der Waals surface area contributed by atoms with Crippen LogP contribution in [-0.2, 0) is 6.54 Å². The Hall–Kier alpha value is -1.87. The molecule has 0 aliphatic heterocycles. The number of aromatic hydroxyl groups is 1. The highest BCUT2D eigenvalue weighted by Crippen LogP contribution is 2.19. The average Bonchev–Trinajstić information content (AvgIpc) is 2.40. The number of phenols is 1. The largest absolute Gasteiger partial charge is 0.508 e. The molecule has 0 amide bonds. The Bertz CT molecular complexity index is 511. The van der Waals surface area contributed by atoms with Crippen molar-refractivity contribution in [2.45, 2.75) is 26.4 Å². The van der Waals surface area contributed by atoms with E-state index in [1.807, 2.05) is 37.4 Å². The Kier molecular flexibility index (Phi) is 3.95. The molecule has 0 aliphatic rings. The van der Waals surface area contributed by atoms with Gasteiger partial charge in [-0.15, -0.1) is 0 Å². The number of hydrogen-bond acceptors (Lipinski definition) is 3. The minimum absolute atomic E-state index is 0.207. The number of nitrogens with zero attached hydrogens (tertiary/aromatic N) is 1. The summed E-state index contributed by atoms with van der Waals surface area (Å²) in [4.78, 5) is 4.10. The zero-order chi connectivity index (χ0) is 13.0. The fraction of sp³-hybridized carbons (Fsp3) is 0.267. The third-order valence-electron chi connectivity index (χ3n) is 3.02. The van der Waals surface area contributed by atoms with Gasteiger partial charge in [0.1, 0.15) is 5.75 Å². The summed E-state index contributed by atoms with van der Waals surface area (Å²) in [6.45, 7) is 4.75. The number of benzene rings is 1. The second-order valence-corrected chi connectivity index (χ2v) is 4.52. The fourth-order valence-electron chi connectivity index (χ4n) is 1.87. The standard InChI is InChI=1S/C15H18N2O/c1-11-5-6-15(18)14(8-11)10-17-12(2)13-4-3-7-16-9-13/h3-9,12,17-18H,10H2,1-2H3/t12-/m1/s1. The van der Waals surface area contributed by atoms with Crippen LogP contribution in [0.5, 0.6) is 5.75 Å². The average molecular weight is 242 g/mol. The van der Waals surface area contributed by atoms with Crippen molar-refractivity contribution < 1.29 is 5.11 Å². The molecule has 1 heterocycles. The summed E-state index contributed by atoms with van der Waals surface area (Å²) in [7, 11) is 0. The molecule has 0 saturated heterocycles. The number of rotatable bonds is 4. The molecule has 3 nitrogen and oxygen atoms in total. The number of aryl methyl sites for hydroxylation is 1. The predicted molar refractivity (Wildman–Crippen MR) is 72.3 cm³/mol. The zero-order valence-corrected chi connectivity index (χ0v) is 10.7. The van der Waals surface area contributed by atoms with Crippen LogP contribution < -0.4 is 5.32 Å². The van der Waals surface area contributed by atoms with E-state index in [0.717, 1.165) is 16.7 Å². The molecule has 2 N–H and O–H groups in total. The minimum Gasteiger partial charge on any atom is -0.508 e. The van der Waals surface area contributed by atoms with Gasteiger partial charge in [-0.25, -0.2) is 0 Å². The van der Waals surface area contributed by atoms with E-state index in [1.165, 1.54) is 0 Å². The van der Waals surface area contributed by atoms with Crippen molar-refractivity contribution in [1.82, 2.24) is 10.3 Å². The molecule has 2 aromatic rings. The fourth-order valence-corrected chi connectivity index (χ4v) is 1.87. The first-order valence-electron chi connectivity index (χ1n) is 6.08. The van der Waals surface area contributed by atoms with Gasteiger partial charge in [0.15, 0.2) is 0 Å². The quantitative estimate of drug-likeness (QED) is 0.866. The molecule has 1 aromatic carbocycles. The van der Waals surface area contributed by atoms with Crippen LogP contribution >= 0.6 is 0 Å². The first-order valence-corrected chi connectivity index (χ1v) is 6.08. The van der Waals surface area contributed by atoms with Crippen molar-refractivity contribution in [2.75, 3.05) is 0 Å². The summed E-state index contributed by atoms with van der Waals surface area (Å²) in [5.74, 6) is 0.339. The lowest BCUT2D eigenvalue weighted by Gasteiger charge is -2.14. The van der Waals surface area contributed by atoms with Gasteiger partial charge in [-0.1, -0.05) is 23.8 Å². The van der Waals surface area contributed by atoms with E-state index in [9.17, 15) is 5.11 Å². The monoisotopic (exact) mass is 242 g/mol. The number of nitrogens with one attached hydrogen (secondary N) is 1. The number of phenolic OH excluding ortho intramolecular Hbond substituents is 1. The minimum atomic E-state index is 0.207. The highest BCUT2D eigenvalue weighted by molar-refractivity contribution is 5.35. The van der Waals surface area contributed by atoms with Crippen LogP contribution in [0.4, 0.5) is 0 Å². The predicted octanol–water partition coefficient (Wildman–Crippen LogP) is 2.95. The first-order chi connectivity index (χ1) is 8.66. The molecule has 2 rings (SSSR count). The lowest BCUT2D eigenvalue weighted by Crippen LogP contribution is -2.18. The maximum atomic E-state index is 9.77. The Labute approximate surface area is 108 Å². The number of hydrogen-bond donors (Lipinski definition) is 2. The van der Waals surface area contributed by atoms with Gasteiger partial charge >= 0.3 is 0 Å². The van der Waals surface area contributed by atoms with Gasteiger partial charge in [0.05, 0.1) is 0 Å². The van der Waals surface area contributed by atoms with E-state index in [1.54, 1.807) is 12.3 Å². The Balaban J connectivity index is 2.01. The van der Waals surface area contributed by atoms with Crippen LogP contribution in [0.15, 0.2) is 42.7 Å². The SMILES string of the molecule is Cc1ccc(O)c(CN[C@H](C)c2cccnc2)c1. The van der Waals surface area contributed by atoms with Crippen molar-refractivity contribution in [3.8, 4) is 5.75 Å². The van der Waals surface area contributed by atoms with Crippen molar-refractivity contribution in [3.63, 3.8) is 0 Å². The molecule has 0 fully saturated rings. The lowest BCUT2D eigenvalue weighted by molar-refractivity contribution is 0.460. The molecule has 18 heavy (non-hydrogen) atoms. The molecule has 0 aliphatic carbocycles. The normalized spacial score (nSPS) is 12.3. The van der Waals surface area contributed by atoms with E-state index < -0.39 is 0 Å². The van der Waals surface area contributed by atoms with E-state index in [0.29, 0.717) is 12.3 Å². The maximum Gasteiger partial charge on any atom is 0.120 e. The van der Waals surface area contributed by atoms with Gasteiger partial charge in [-0.3, -0.25) is 4.98 Å². The third kappa shape index (κ3) is 3.08. The molecule has 1 aromatic heterocycles. The Morgan fingerprint density at radius 2 is 2.17 bits per heavy atom. The van der Waals surface area contributed by atoms with E-state index in [4.69, 9.17) is 0 Å². The van der Waals surface area contributed by atoms with Gasteiger partial charge in [0.2, 0.25) is 0 Å². The summed E-state index contributed by atoms with van der Waals surface area (Å²) in [5, 5.41) is 13.1. The van der Waals surface area contributed by atoms with Gasteiger partial charge in [-0.2, -0.15) is 0 Å². The summed E-state index contributed by atoms with van der Waals surface area (Å²) < 4.78 is 0. The summed E-state index contributed by atoms with van der Waals surface area (Å²) >= 11 is 0. The van der Waals surface area contributed by atoms with Gasteiger partial charge in [-0.05, 0) is 31.5 Å². The molecule has 0 bridgehead atoms. The van der Waals surface area contributed by atoms with Crippen LogP contribution in [0, 0.1) is 6.92 Å². The van der Waals surface area contributed by atoms with Crippen LogP contribution in [-0.4, -0.2) is 10.1 Å². The smallest absolute Gasteiger partial charge is 0.120 e. The first kappa shape index (κ1) is 12.6. The molecule has 0 unspecified atom stereocenters. The molecule has 1 atom stereocenters. The maximum absolute atomic E-state index is 9.77. The van der Waals surface area contributed by atoms with E-state index in [-0.39, 0.29) is 6.04 Å². The van der Waals surface area contributed by atoms with Crippen molar-refractivity contribution >= 4 is 0 Å². The van der Waals surface area contributed by atoms with Crippen molar-refractivity contribution in [3.05, 3.63) is 59.4 Å². The summed E-state index contributed by atoms with van der Waals surface area (Å²) in [6, 6.07) is 9.82. The van der Waals surface area contributed by atoms with Gasteiger partial charge in [0.25, 0.3) is 0 Å². The highest BCUT2D eigenvalue weighted by atomic mass is 16.3. The van der Waals surface area contributed by atoms with E-state index >= 15 is 0 Å². The molecule has 0 radical (unpaired) electrons. The molecule has 94 valence electrons. The lowest BCUT2D eigenvalue weighted by atomic mass is 10.1. The van der Waals surface area contributed by atoms with Gasteiger partial charge < -0.3 is 10.4 Å². The molecular formula is C15H18N2O. The highest BCUT2D eigenvalue weighted by Gasteiger charge is 2.06. The third-order valence-corrected chi connectivity index (χ3v) is 3.02.